The molecule has 3 rings (SSSR count). The van der Waals surface area contributed by atoms with Crippen molar-refractivity contribution in [2.75, 3.05) is 11.9 Å². The molecule has 1 aliphatic rings. The fourth-order valence-corrected chi connectivity index (χ4v) is 3.68. The van der Waals surface area contributed by atoms with Crippen LogP contribution in [-0.4, -0.2) is 18.4 Å². The molecule has 0 fully saturated rings. The van der Waals surface area contributed by atoms with Crippen LogP contribution in [0.5, 0.6) is 5.75 Å². The second kappa shape index (κ2) is 6.04. The van der Waals surface area contributed by atoms with Crippen LogP contribution < -0.4 is 15.4 Å². The van der Waals surface area contributed by atoms with Crippen molar-refractivity contribution in [2.24, 2.45) is 0 Å². The van der Waals surface area contributed by atoms with Gasteiger partial charge in [0.05, 0.1) is 11.7 Å². The molecule has 2 aromatic rings. The maximum Gasteiger partial charge on any atom is 0.262 e. The van der Waals surface area contributed by atoms with E-state index in [-0.39, 0.29) is 24.5 Å². The maximum absolute atomic E-state index is 12.4. The molecule has 5 nitrogen and oxygen atoms in total. The number of hydrogen-bond acceptors (Lipinski definition) is 4. The van der Waals surface area contributed by atoms with E-state index in [0.717, 1.165) is 5.56 Å². The van der Waals surface area contributed by atoms with Crippen LogP contribution >= 0.6 is 11.3 Å². The summed E-state index contributed by atoms with van der Waals surface area (Å²) in [6.45, 7) is 6.07. The van der Waals surface area contributed by atoms with Crippen LogP contribution in [-0.2, 0) is 4.79 Å². The van der Waals surface area contributed by atoms with E-state index in [4.69, 9.17) is 4.74 Å². The number of nitrogens with one attached hydrogen (secondary N) is 2. The molecule has 0 saturated heterocycles. The Morgan fingerprint density at radius 3 is 2.83 bits per heavy atom. The molecule has 6 heteroatoms. The lowest BCUT2D eigenvalue weighted by Crippen LogP contribution is -2.28. The first-order valence-electron chi connectivity index (χ1n) is 7.38. The van der Waals surface area contributed by atoms with E-state index >= 15 is 0 Å². The summed E-state index contributed by atoms with van der Waals surface area (Å²) in [5, 5.41) is 5.72. The molecule has 1 aromatic carbocycles. The normalized spacial score (nSPS) is 14.5. The van der Waals surface area contributed by atoms with Crippen LogP contribution in [0.15, 0.2) is 24.3 Å². The maximum atomic E-state index is 12.4. The highest BCUT2D eigenvalue weighted by molar-refractivity contribution is 7.12. The molecular weight excluding hydrogens is 312 g/mol. The lowest BCUT2D eigenvalue weighted by molar-refractivity contribution is -0.118. The highest BCUT2D eigenvalue weighted by Gasteiger charge is 2.19. The number of anilines is 1. The Labute approximate surface area is 138 Å². The summed E-state index contributed by atoms with van der Waals surface area (Å²) >= 11 is 1.73. The van der Waals surface area contributed by atoms with Crippen molar-refractivity contribution in [1.29, 1.82) is 0 Å². The summed E-state index contributed by atoms with van der Waals surface area (Å²) < 4.78 is 5.35. The molecule has 2 heterocycles. The van der Waals surface area contributed by atoms with Gasteiger partial charge in [-0.05, 0) is 50.6 Å². The molecule has 0 saturated carbocycles. The number of thiophene rings is 1. The SMILES string of the molecule is Cc1cc(C(C)NC(=O)c2ccc3c(c2)OCC(=O)N3)c(C)s1. The number of carbonyl (C=O) groups excluding carboxylic acids is 2. The molecule has 1 aromatic heterocycles. The fraction of sp³-hybridized carbons (Fsp3) is 0.294. The Hall–Kier alpha value is -2.34. The second-order valence-electron chi connectivity index (χ2n) is 5.61. The molecule has 1 unspecified atom stereocenters. The Bertz CT molecular complexity index is 782. The van der Waals surface area contributed by atoms with Gasteiger partial charge in [0, 0.05) is 15.3 Å². The third-order valence-electron chi connectivity index (χ3n) is 3.77. The first kappa shape index (κ1) is 15.6. The Kier molecular flexibility index (Phi) is 4.09. The van der Waals surface area contributed by atoms with Crippen LogP contribution in [0.4, 0.5) is 5.69 Å². The Balaban J connectivity index is 1.76. The molecule has 0 radical (unpaired) electrons. The van der Waals surface area contributed by atoms with Gasteiger partial charge < -0.3 is 15.4 Å². The zero-order chi connectivity index (χ0) is 16.6. The monoisotopic (exact) mass is 330 g/mol. The zero-order valence-corrected chi connectivity index (χ0v) is 14.0. The van der Waals surface area contributed by atoms with Gasteiger partial charge in [-0.1, -0.05) is 0 Å². The van der Waals surface area contributed by atoms with Crippen molar-refractivity contribution >= 4 is 28.8 Å². The largest absolute Gasteiger partial charge is 0.482 e. The van der Waals surface area contributed by atoms with Gasteiger partial charge in [-0.2, -0.15) is 0 Å². The number of aryl methyl sites for hydroxylation is 2. The molecule has 0 bridgehead atoms. The van der Waals surface area contributed by atoms with Crippen molar-refractivity contribution in [3.63, 3.8) is 0 Å². The van der Waals surface area contributed by atoms with Gasteiger partial charge in [-0.15, -0.1) is 11.3 Å². The van der Waals surface area contributed by atoms with Crippen LogP contribution in [0.25, 0.3) is 0 Å². The van der Waals surface area contributed by atoms with Gasteiger partial charge >= 0.3 is 0 Å². The molecule has 2 amide bonds. The van der Waals surface area contributed by atoms with Gasteiger partial charge in [0.25, 0.3) is 11.8 Å². The molecular formula is C17H18N2O3S. The van der Waals surface area contributed by atoms with Gasteiger partial charge in [-0.3, -0.25) is 9.59 Å². The number of hydrogen-bond donors (Lipinski definition) is 2. The summed E-state index contributed by atoms with van der Waals surface area (Å²) in [5.41, 5.74) is 2.24. The molecule has 2 N–H and O–H groups in total. The van der Waals surface area contributed by atoms with Crippen molar-refractivity contribution in [3.05, 3.63) is 45.1 Å². The third-order valence-corrected chi connectivity index (χ3v) is 4.75. The third kappa shape index (κ3) is 3.22. The Morgan fingerprint density at radius 2 is 2.13 bits per heavy atom. The van der Waals surface area contributed by atoms with Crippen LogP contribution in [0.2, 0.25) is 0 Å². The average Bonchev–Trinajstić information content (AvgIpc) is 2.85. The topological polar surface area (TPSA) is 67.4 Å². The minimum absolute atomic E-state index is 0.0259. The predicted molar refractivity (Wildman–Crippen MR) is 90.2 cm³/mol. The predicted octanol–water partition coefficient (Wildman–Crippen LogP) is 3.19. The molecule has 1 aliphatic heterocycles. The van der Waals surface area contributed by atoms with Gasteiger partial charge in [-0.25, -0.2) is 0 Å². The van der Waals surface area contributed by atoms with Crippen molar-refractivity contribution in [1.82, 2.24) is 5.32 Å². The van der Waals surface area contributed by atoms with E-state index in [1.807, 2.05) is 6.92 Å². The zero-order valence-electron chi connectivity index (χ0n) is 13.2. The molecule has 23 heavy (non-hydrogen) atoms. The number of fused-ring (bicyclic) bond motifs is 1. The van der Waals surface area contributed by atoms with E-state index in [1.165, 1.54) is 9.75 Å². The van der Waals surface area contributed by atoms with Crippen LogP contribution in [0.1, 0.15) is 38.6 Å². The summed E-state index contributed by atoms with van der Waals surface area (Å²) in [4.78, 5) is 26.2. The number of rotatable bonds is 3. The van der Waals surface area contributed by atoms with Gasteiger partial charge in [0.2, 0.25) is 0 Å². The summed E-state index contributed by atoms with van der Waals surface area (Å²) in [7, 11) is 0. The lowest BCUT2D eigenvalue weighted by Gasteiger charge is -2.19. The van der Waals surface area contributed by atoms with E-state index in [1.54, 1.807) is 29.5 Å². The number of ether oxygens (including phenoxy) is 1. The highest BCUT2D eigenvalue weighted by Crippen LogP contribution is 2.29. The van der Waals surface area contributed by atoms with E-state index in [9.17, 15) is 9.59 Å². The minimum atomic E-state index is -0.188. The van der Waals surface area contributed by atoms with Gasteiger partial charge in [0.15, 0.2) is 6.61 Å². The summed E-state index contributed by atoms with van der Waals surface area (Å²) in [6.07, 6.45) is 0. The quantitative estimate of drug-likeness (QED) is 0.908. The van der Waals surface area contributed by atoms with Gasteiger partial charge in [0.1, 0.15) is 5.75 Å². The second-order valence-corrected chi connectivity index (χ2v) is 7.07. The molecule has 1 atom stereocenters. The highest BCUT2D eigenvalue weighted by atomic mass is 32.1. The van der Waals surface area contributed by atoms with E-state index in [2.05, 4.69) is 30.5 Å². The van der Waals surface area contributed by atoms with Crippen LogP contribution in [0, 0.1) is 13.8 Å². The summed E-state index contributed by atoms with van der Waals surface area (Å²) in [6, 6.07) is 7.07. The first-order valence-corrected chi connectivity index (χ1v) is 8.20. The number of carbonyl (C=O) groups is 2. The number of benzene rings is 1. The van der Waals surface area contributed by atoms with E-state index in [0.29, 0.717) is 17.0 Å². The van der Waals surface area contributed by atoms with E-state index < -0.39 is 0 Å². The molecule has 0 aliphatic carbocycles. The first-order chi connectivity index (χ1) is 10.9. The minimum Gasteiger partial charge on any atom is -0.482 e. The van der Waals surface area contributed by atoms with Crippen molar-refractivity contribution < 1.29 is 14.3 Å². The average molecular weight is 330 g/mol. The summed E-state index contributed by atoms with van der Waals surface area (Å²) in [5.74, 6) is 0.170. The van der Waals surface area contributed by atoms with Crippen LogP contribution in [0.3, 0.4) is 0 Å². The standard InChI is InChI=1S/C17H18N2O3S/c1-9-6-13(11(3)23-9)10(2)18-17(21)12-4-5-14-15(7-12)22-8-16(20)19-14/h4-7,10H,8H2,1-3H3,(H,18,21)(H,19,20). The molecule has 120 valence electrons. The smallest absolute Gasteiger partial charge is 0.262 e. The van der Waals surface area contributed by atoms with Crippen molar-refractivity contribution in [3.8, 4) is 5.75 Å². The fourth-order valence-electron chi connectivity index (χ4n) is 2.65. The Morgan fingerprint density at radius 1 is 1.35 bits per heavy atom. The van der Waals surface area contributed by atoms with Crippen molar-refractivity contribution in [2.45, 2.75) is 26.8 Å². The lowest BCUT2D eigenvalue weighted by atomic mass is 10.1. The number of amides is 2. The molecule has 0 spiro atoms.